The van der Waals surface area contributed by atoms with Gasteiger partial charge in [-0.2, -0.15) is 0 Å². The van der Waals surface area contributed by atoms with Gasteiger partial charge >= 0.3 is 0 Å². The predicted molar refractivity (Wildman–Crippen MR) is 94.2 cm³/mol. The van der Waals surface area contributed by atoms with Crippen molar-refractivity contribution in [3.8, 4) is 0 Å². The van der Waals surface area contributed by atoms with Crippen molar-refractivity contribution >= 4 is 37.3 Å². The minimum atomic E-state index is -2.86. The number of fused-ring (bicyclic) bond motifs is 1. The number of piperazine rings is 1. The lowest BCUT2D eigenvalue weighted by molar-refractivity contribution is 0.0588. The molecule has 6 nitrogen and oxygen atoms in total. The zero-order chi connectivity index (χ0) is 16.7. The van der Waals surface area contributed by atoms with Crippen molar-refractivity contribution in [2.75, 3.05) is 37.7 Å². The lowest BCUT2D eigenvalue weighted by Crippen LogP contribution is -2.52. The number of thiazole rings is 1. The fourth-order valence-electron chi connectivity index (χ4n) is 3.52. The van der Waals surface area contributed by atoms with Crippen molar-refractivity contribution in [2.45, 2.75) is 12.5 Å². The number of amides is 1. The molecule has 0 spiro atoms. The zero-order valence-corrected chi connectivity index (χ0v) is 14.9. The van der Waals surface area contributed by atoms with E-state index in [9.17, 15) is 13.2 Å². The molecule has 0 saturated carbocycles. The molecule has 8 heteroatoms. The van der Waals surface area contributed by atoms with Crippen LogP contribution in [0.5, 0.6) is 0 Å². The van der Waals surface area contributed by atoms with E-state index in [2.05, 4.69) is 9.88 Å². The number of carbonyl (C=O) groups is 1. The maximum atomic E-state index is 12.7. The number of nitrogens with zero attached hydrogens (tertiary/aromatic N) is 3. The van der Waals surface area contributed by atoms with Crippen LogP contribution < -0.4 is 0 Å². The third kappa shape index (κ3) is 3.05. The summed E-state index contributed by atoms with van der Waals surface area (Å²) in [5, 5.41) is 0. The van der Waals surface area contributed by atoms with Gasteiger partial charge in [0.2, 0.25) is 0 Å². The SMILES string of the molecule is O=C(c1ccc2ncsc2c1)N1CCN(C2CCS(=O)(=O)C2)CC1. The quantitative estimate of drug-likeness (QED) is 0.801. The summed E-state index contributed by atoms with van der Waals surface area (Å²) >= 11 is 1.54. The Kier molecular flexibility index (Phi) is 4.06. The summed E-state index contributed by atoms with van der Waals surface area (Å²) in [6, 6.07) is 5.75. The minimum Gasteiger partial charge on any atom is -0.336 e. The normalized spacial score (nSPS) is 24.5. The third-order valence-corrected chi connectivity index (χ3v) is 7.45. The maximum Gasteiger partial charge on any atom is 0.253 e. The second-order valence-corrected chi connectivity index (χ2v) is 9.53. The summed E-state index contributed by atoms with van der Waals surface area (Å²) in [7, 11) is -2.86. The second-order valence-electron chi connectivity index (χ2n) is 6.42. The van der Waals surface area contributed by atoms with Gasteiger partial charge in [0, 0.05) is 37.8 Å². The topological polar surface area (TPSA) is 70.6 Å². The molecule has 2 fully saturated rings. The Bertz CT molecular complexity index is 870. The first-order valence-electron chi connectivity index (χ1n) is 8.09. The van der Waals surface area contributed by atoms with Gasteiger partial charge in [0.05, 0.1) is 27.2 Å². The molecule has 0 bridgehead atoms. The number of hydrogen-bond acceptors (Lipinski definition) is 6. The minimum absolute atomic E-state index is 0.0454. The molecule has 0 N–H and O–H groups in total. The van der Waals surface area contributed by atoms with E-state index in [1.54, 1.807) is 5.51 Å². The highest BCUT2D eigenvalue weighted by molar-refractivity contribution is 7.91. The van der Waals surface area contributed by atoms with Crippen LogP contribution in [0.1, 0.15) is 16.8 Å². The first kappa shape index (κ1) is 16.0. The molecule has 1 aromatic heterocycles. The number of hydrogen-bond donors (Lipinski definition) is 0. The maximum absolute atomic E-state index is 12.7. The van der Waals surface area contributed by atoms with E-state index in [-0.39, 0.29) is 17.7 Å². The third-order valence-electron chi connectivity index (χ3n) is 4.90. The van der Waals surface area contributed by atoms with Gasteiger partial charge in [0.15, 0.2) is 9.84 Å². The van der Waals surface area contributed by atoms with Crippen LogP contribution in [0.25, 0.3) is 10.2 Å². The summed E-state index contributed by atoms with van der Waals surface area (Å²) in [4.78, 5) is 21.0. The van der Waals surface area contributed by atoms with Crippen molar-refractivity contribution < 1.29 is 13.2 Å². The van der Waals surface area contributed by atoms with Crippen LogP contribution in [0.15, 0.2) is 23.7 Å². The molecule has 2 aliphatic rings. The van der Waals surface area contributed by atoms with Crippen LogP contribution in [0, 0.1) is 0 Å². The first-order valence-corrected chi connectivity index (χ1v) is 10.8. The number of sulfone groups is 1. The van der Waals surface area contributed by atoms with E-state index in [4.69, 9.17) is 0 Å². The molecule has 1 atom stereocenters. The largest absolute Gasteiger partial charge is 0.336 e. The Balaban J connectivity index is 1.41. The van der Waals surface area contributed by atoms with Gasteiger partial charge in [0.25, 0.3) is 5.91 Å². The Morgan fingerprint density at radius 2 is 2.00 bits per heavy atom. The zero-order valence-electron chi connectivity index (χ0n) is 13.2. The van der Waals surface area contributed by atoms with E-state index < -0.39 is 9.84 Å². The van der Waals surface area contributed by atoms with Gasteiger partial charge < -0.3 is 4.90 Å². The highest BCUT2D eigenvalue weighted by Crippen LogP contribution is 2.22. The summed E-state index contributed by atoms with van der Waals surface area (Å²) < 4.78 is 24.3. The van der Waals surface area contributed by atoms with Gasteiger partial charge in [-0.15, -0.1) is 11.3 Å². The molecule has 4 rings (SSSR count). The molecular weight excluding hydrogens is 346 g/mol. The smallest absolute Gasteiger partial charge is 0.253 e. The van der Waals surface area contributed by atoms with Gasteiger partial charge in [-0.05, 0) is 24.6 Å². The molecule has 24 heavy (non-hydrogen) atoms. The van der Waals surface area contributed by atoms with Gasteiger partial charge in [0.1, 0.15) is 0 Å². The summed E-state index contributed by atoms with van der Waals surface area (Å²) in [5.41, 5.74) is 3.40. The van der Waals surface area contributed by atoms with E-state index in [1.165, 1.54) is 11.3 Å². The number of aromatic nitrogens is 1. The lowest BCUT2D eigenvalue weighted by Gasteiger charge is -2.37. The standard InChI is InChI=1S/C16H19N3O3S2/c20-16(12-1-2-14-15(9-12)23-11-17-14)19-6-4-18(5-7-19)13-3-8-24(21,22)10-13/h1-2,9,11,13H,3-8,10H2. The van der Waals surface area contributed by atoms with Crippen molar-refractivity contribution in [1.82, 2.24) is 14.8 Å². The van der Waals surface area contributed by atoms with E-state index in [0.717, 1.165) is 29.7 Å². The van der Waals surface area contributed by atoms with Gasteiger partial charge in [-0.25, -0.2) is 13.4 Å². The van der Waals surface area contributed by atoms with Crippen molar-refractivity contribution in [3.63, 3.8) is 0 Å². The molecule has 0 radical (unpaired) electrons. The molecule has 1 amide bonds. The van der Waals surface area contributed by atoms with E-state index in [1.807, 2.05) is 23.1 Å². The van der Waals surface area contributed by atoms with Crippen LogP contribution in [0.2, 0.25) is 0 Å². The molecule has 2 aromatic rings. The van der Waals surface area contributed by atoms with Crippen molar-refractivity contribution in [3.05, 3.63) is 29.3 Å². The Hall–Kier alpha value is -1.51. The average Bonchev–Trinajstić information content (AvgIpc) is 3.19. The first-order chi connectivity index (χ1) is 11.5. The van der Waals surface area contributed by atoms with Crippen molar-refractivity contribution in [2.24, 2.45) is 0 Å². The predicted octanol–water partition coefficient (Wildman–Crippen LogP) is 1.24. The fourth-order valence-corrected chi connectivity index (χ4v) is 6.00. The van der Waals surface area contributed by atoms with Crippen LogP contribution in [-0.4, -0.2) is 72.8 Å². The van der Waals surface area contributed by atoms with Crippen LogP contribution in [0.4, 0.5) is 0 Å². The Morgan fingerprint density at radius 1 is 1.21 bits per heavy atom. The van der Waals surface area contributed by atoms with Crippen LogP contribution in [-0.2, 0) is 9.84 Å². The summed E-state index contributed by atoms with van der Waals surface area (Å²) in [6.07, 6.45) is 0.721. The average molecular weight is 365 g/mol. The molecule has 0 aliphatic carbocycles. The summed E-state index contributed by atoms with van der Waals surface area (Å²) in [6.45, 7) is 2.79. The number of benzene rings is 1. The Morgan fingerprint density at radius 3 is 2.71 bits per heavy atom. The molecule has 3 heterocycles. The highest BCUT2D eigenvalue weighted by Gasteiger charge is 2.34. The fraction of sp³-hybridized carbons (Fsp3) is 0.500. The number of carbonyl (C=O) groups excluding carboxylic acids is 1. The molecule has 128 valence electrons. The van der Waals surface area contributed by atoms with Crippen LogP contribution in [0.3, 0.4) is 0 Å². The molecule has 2 saturated heterocycles. The molecule has 1 unspecified atom stereocenters. The summed E-state index contributed by atoms with van der Waals surface area (Å²) in [5.74, 6) is 0.610. The molecule has 2 aliphatic heterocycles. The number of rotatable bonds is 2. The Labute approximate surface area is 145 Å². The molecule has 1 aromatic carbocycles. The van der Waals surface area contributed by atoms with Crippen molar-refractivity contribution in [1.29, 1.82) is 0 Å². The van der Waals surface area contributed by atoms with Crippen LogP contribution >= 0.6 is 11.3 Å². The highest BCUT2D eigenvalue weighted by atomic mass is 32.2. The molecular formula is C16H19N3O3S2. The van der Waals surface area contributed by atoms with Gasteiger partial charge in [-0.3, -0.25) is 9.69 Å². The second kappa shape index (κ2) is 6.09. The lowest BCUT2D eigenvalue weighted by atomic mass is 10.1. The van der Waals surface area contributed by atoms with E-state index in [0.29, 0.717) is 24.4 Å². The van der Waals surface area contributed by atoms with E-state index >= 15 is 0 Å². The van der Waals surface area contributed by atoms with Gasteiger partial charge in [-0.1, -0.05) is 0 Å². The monoisotopic (exact) mass is 365 g/mol.